The minimum atomic E-state index is -0.407. The highest BCUT2D eigenvalue weighted by Crippen LogP contribution is 2.31. The first-order valence-corrected chi connectivity index (χ1v) is 3.32. The van der Waals surface area contributed by atoms with Crippen molar-refractivity contribution in [1.82, 2.24) is 5.32 Å². The molecule has 0 aromatic rings. The van der Waals surface area contributed by atoms with E-state index in [0.717, 1.165) is 18.9 Å². The van der Waals surface area contributed by atoms with Gasteiger partial charge < -0.3 is 11.1 Å². The van der Waals surface area contributed by atoms with Crippen LogP contribution in [0.3, 0.4) is 0 Å². The van der Waals surface area contributed by atoms with Crippen molar-refractivity contribution in [2.45, 2.75) is 19.3 Å². The third-order valence-corrected chi connectivity index (χ3v) is 1.55. The molecule has 0 aromatic heterocycles. The van der Waals surface area contributed by atoms with Gasteiger partial charge in [-0.1, -0.05) is 12.8 Å². The molecule has 52 valence electrons. The van der Waals surface area contributed by atoms with Gasteiger partial charge in [-0.05, 0) is 12.3 Å². The molecule has 0 spiro atoms. The average Bonchev–Trinajstić information content (AvgIpc) is 2.48. The van der Waals surface area contributed by atoms with E-state index in [1.54, 1.807) is 0 Å². The summed E-state index contributed by atoms with van der Waals surface area (Å²) in [5, 5.41) is 2.56. The molecule has 0 heterocycles. The van der Waals surface area contributed by atoms with Crippen LogP contribution in [0, 0.1) is 5.92 Å². The number of amides is 2. The second-order valence-corrected chi connectivity index (χ2v) is 2.52. The lowest BCUT2D eigenvalue weighted by molar-refractivity contribution is 0.248. The highest BCUT2D eigenvalue weighted by Gasteiger charge is 2.20. The van der Waals surface area contributed by atoms with Crippen molar-refractivity contribution in [2.75, 3.05) is 6.54 Å². The quantitative estimate of drug-likeness (QED) is 0.569. The summed E-state index contributed by atoms with van der Waals surface area (Å²) in [7, 11) is 0. The molecule has 0 unspecified atom stereocenters. The molecule has 1 saturated carbocycles. The minimum absolute atomic E-state index is 0.407. The smallest absolute Gasteiger partial charge is 0.312 e. The van der Waals surface area contributed by atoms with Gasteiger partial charge in [0.1, 0.15) is 0 Å². The largest absolute Gasteiger partial charge is 0.352 e. The Labute approximate surface area is 54.6 Å². The van der Waals surface area contributed by atoms with E-state index in [9.17, 15) is 4.79 Å². The number of carbonyl (C=O) groups is 1. The van der Waals surface area contributed by atoms with Gasteiger partial charge in [-0.15, -0.1) is 0 Å². The molecule has 1 aliphatic rings. The number of nitrogens with one attached hydrogen (secondary N) is 1. The van der Waals surface area contributed by atoms with E-state index in [0.29, 0.717) is 0 Å². The Balaban J connectivity index is 1.86. The summed E-state index contributed by atoms with van der Waals surface area (Å²) in [6.07, 6.45) is 3.77. The molecule has 0 aromatic carbocycles. The standard InChI is InChI=1S/C6H12N2O/c7-6(9)8-4-3-5-1-2-5/h5H,1-4H2,(H3,7,8,9). The SMILES string of the molecule is NC(=O)NCCC1CC1. The zero-order chi connectivity index (χ0) is 6.69. The number of carbonyl (C=O) groups excluding carboxylic acids is 1. The molecule has 1 aliphatic carbocycles. The van der Waals surface area contributed by atoms with E-state index < -0.39 is 6.03 Å². The monoisotopic (exact) mass is 128 g/mol. The maximum Gasteiger partial charge on any atom is 0.312 e. The lowest BCUT2D eigenvalue weighted by Crippen LogP contribution is -2.30. The Kier molecular flexibility index (Phi) is 1.92. The van der Waals surface area contributed by atoms with Crippen LogP contribution in [0.5, 0.6) is 0 Å². The molecule has 0 atom stereocenters. The van der Waals surface area contributed by atoms with Crippen LogP contribution >= 0.6 is 0 Å². The number of hydrogen-bond donors (Lipinski definition) is 2. The van der Waals surface area contributed by atoms with Crippen LogP contribution in [0.25, 0.3) is 0 Å². The van der Waals surface area contributed by atoms with Crippen LogP contribution in [0.15, 0.2) is 0 Å². The molecule has 1 rings (SSSR count). The molecule has 3 nitrogen and oxygen atoms in total. The van der Waals surface area contributed by atoms with Crippen LogP contribution < -0.4 is 11.1 Å². The second-order valence-electron chi connectivity index (χ2n) is 2.52. The van der Waals surface area contributed by atoms with Crippen molar-refractivity contribution in [2.24, 2.45) is 11.7 Å². The highest BCUT2D eigenvalue weighted by molar-refractivity contribution is 5.71. The number of primary amides is 1. The average molecular weight is 128 g/mol. The van der Waals surface area contributed by atoms with Gasteiger partial charge in [0, 0.05) is 6.54 Å². The van der Waals surface area contributed by atoms with Gasteiger partial charge in [-0.3, -0.25) is 0 Å². The number of rotatable bonds is 3. The van der Waals surface area contributed by atoms with Crippen LogP contribution in [-0.2, 0) is 0 Å². The normalized spacial score (nSPS) is 17.3. The number of nitrogens with two attached hydrogens (primary N) is 1. The lowest BCUT2D eigenvalue weighted by atomic mass is 10.3. The van der Waals surface area contributed by atoms with Gasteiger partial charge in [-0.25, -0.2) is 4.79 Å². The summed E-state index contributed by atoms with van der Waals surface area (Å²) in [6, 6.07) is -0.407. The van der Waals surface area contributed by atoms with Crippen LogP contribution in [0.1, 0.15) is 19.3 Å². The maximum absolute atomic E-state index is 10.1. The van der Waals surface area contributed by atoms with E-state index in [-0.39, 0.29) is 0 Å². The van der Waals surface area contributed by atoms with Gasteiger partial charge in [0.2, 0.25) is 0 Å². The molecule has 0 bridgehead atoms. The Bertz CT molecular complexity index is 110. The molecular formula is C6H12N2O. The fourth-order valence-electron chi connectivity index (χ4n) is 0.806. The first kappa shape index (κ1) is 6.39. The van der Waals surface area contributed by atoms with Gasteiger partial charge in [0.25, 0.3) is 0 Å². The summed E-state index contributed by atoms with van der Waals surface area (Å²) >= 11 is 0. The maximum atomic E-state index is 10.1. The fraction of sp³-hybridized carbons (Fsp3) is 0.833. The molecule has 3 heteroatoms. The minimum Gasteiger partial charge on any atom is -0.352 e. The predicted octanol–water partition coefficient (Wildman–Crippen LogP) is 0.455. The Morgan fingerprint density at radius 3 is 2.78 bits per heavy atom. The van der Waals surface area contributed by atoms with Gasteiger partial charge in [-0.2, -0.15) is 0 Å². The zero-order valence-corrected chi connectivity index (χ0v) is 5.39. The summed E-state index contributed by atoms with van der Waals surface area (Å²) < 4.78 is 0. The second kappa shape index (κ2) is 2.71. The van der Waals surface area contributed by atoms with Gasteiger partial charge in [0.15, 0.2) is 0 Å². The number of hydrogen-bond acceptors (Lipinski definition) is 1. The Morgan fingerprint density at radius 1 is 1.67 bits per heavy atom. The van der Waals surface area contributed by atoms with Crippen molar-refractivity contribution in [3.8, 4) is 0 Å². The van der Waals surface area contributed by atoms with Crippen LogP contribution in [-0.4, -0.2) is 12.6 Å². The summed E-state index contributed by atoms with van der Waals surface area (Å²) in [5.74, 6) is 0.872. The zero-order valence-electron chi connectivity index (χ0n) is 5.39. The van der Waals surface area contributed by atoms with E-state index in [4.69, 9.17) is 5.73 Å². The molecule has 1 fully saturated rings. The highest BCUT2D eigenvalue weighted by atomic mass is 16.2. The van der Waals surface area contributed by atoms with Crippen molar-refractivity contribution < 1.29 is 4.79 Å². The Morgan fingerprint density at radius 2 is 2.33 bits per heavy atom. The molecule has 3 N–H and O–H groups in total. The molecular weight excluding hydrogens is 116 g/mol. The van der Waals surface area contributed by atoms with E-state index in [2.05, 4.69) is 5.32 Å². The van der Waals surface area contributed by atoms with Gasteiger partial charge in [0.05, 0.1) is 0 Å². The first-order valence-electron chi connectivity index (χ1n) is 3.32. The number of urea groups is 1. The molecule has 9 heavy (non-hydrogen) atoms. The fourth-order valence-corrected chi connectivity index (χ4v) is 0.806. The molecule has 0 aliphatic heterocycles. The van der Waals surface area contributed by atoms with E-state index >= 15 is 0 Å². The molecule has 0 radical (unpaired) electrons. The molecule has 0 saturated heterocycles. The lowest BCUT2D eigenvalue weighted by Gasteiger charge is -1.97. The topological polar surface area (TPSA) is 55.1 Å². The van der Waals surface area contributed by atoms with Crippen molar-refractivity contribution >= 4 is 6.03 Å². The third-order valence-electron chi connectivity index (χ3n) is 1.55. The first-order chi connectivity index (χ1) is 4.29. The molecule has 2 amide bonds. The van der Waals surface area contributed by atoms with Crippen molar-refractivity contribution in [3.05, 3.63) is 0 Å². The summed E-state index contributed by atoms with van der Waals surface area (Å²) in [4.78, 5) is 10.1. The van der Waals surface area contributed by atoms with Crippen LogP contribution in [0.2, 0.25) is 0 Å². The van der Waals surface area contributed by atoms with Gasteiger partial charge >= 0.3 is 6.03 Å². The summed E-state index contributed by atoms with van der Waals surface area (Å²) in [6.45, 7) is 0.750. The Hall–Kier alpha value is -0.730. The summed E-state index contributed by atoms with van der Waals surface area (Å²) in [5.41, 5.74) is 4.85. The predicted molar refractivity (Wildman–Crippen MR) is 34.9 cm³/mol. The van der Waals surface area contributed by atoms with E-state index in [1.807, 2.05) is 0 Å². The van der Waals surface area contributed by atoms with Crippen molar-refractivity contribution in [1.29, 1.82) is 0 Å². The van der Waals surface area contributed by atoms with Crippen LogP contribution in [0.4, 0.5) is 4.79 Å². The third kappa shape index (κ3) is 2.95. The van der Waals surface area contributed by atoms with E-state index in [1.165, 1.54) is 12.8 Å². The van der Waals surface area contributed by atoms with Crippen molar-refractivity contribution in [3.63, 3.8) is 0 Å².